The number of carbonyl (C=O) groups is 2. The molecule has 9 nitrogen and oxygen atoms in total. The molecule has 1 aromatic carbocycles. The monoisotopic (exact) mass is 537 g/mol. The molecule has 0 unspecified atom stereocenters. The van der Waals surface area contributed by atoms with Gasteiger partial charge < -0.3 is 29.9 Å². The number of methoxy groups -OCH3 is 1. The van der Waals surface area contributed by atoms with Gasteiger partial charge >= 0.3 is 0 Å². The highest BCUT2D eigenvalue weighted by Gasteiger charge is 2.21. The summed E-state index contributed by atoms with van der Waals surface area (Å²) in [6.45, 7) is 8.50. The van der Waals surface area contributed by atoms with Crippen molar-refractivity contribution in [2.75, 3.05) is 51.8 Å². The first-order chi connectivity index (χ1) is 18.9. The number of allylic oxidation sites excluding steroid dienone is 3. The maximum absolute atomic E-state index is 11.8. The van der Waals surface area contributed by atoms with Gasteiger partial charge in [0.25, 0.3) is 0 Å². The Bertz CT molecular complexity index is 1100. The predicted molar refractivity (Wildman–Crippen MR) is 154 cm³/mol. The fourth-order valence-corrected chi connectivity index (χ4v) is 5.23. The lowest BCUT2D eigenvalue weighted by Gasteiger charge is -2.31. The Labute approximate surface area is 232 Å². The number of benzene rings is 1. The molecule has 2 saturated heterocycles. The lowest BCUT2D eigenvalue weighted by molar-refractivity contribution is -0.130. The van der Waals surface area contributed by atoms with Crippen molar-refractivity contribution in [2.24, 2.45) is 10.9 Å². The van der Waals surface area contributed by atoms with Gasteiger partial charge in [0, 0.05) is 69.7 Å². The first-order valence-corrected chi connectivity index (χ1v) is 14.2. The van der Waals surface area contributed by atoms with E-state index in [1.807, 2.05) is 34.2 Å². The van der Waals surface area contributed by atoms with Crippen LogP contribution in [0.1, 0.15) is 58.8 Å². The summed E-state index contributed by atoms with van der Waals surface area (Å²) in [6.07, 6.45) is 10.2. The number of amides is 2. The molecule has 2 amide bonds. The number of hydrogen-bond donors (Lipinski definition) is 2. The molecule has 3 aliphatic heterocycles. The lowest BCUT2D eigenvalue weighted by Crippen LogP contribution is -2.39. The first-order valence-electron chi connectivity index (χ1n) is 14.2. The Morgan fingerprint density at radius 1 is 1.13 bits per heavy atom. The molecular weight excluding hydrogens is 494 g/mol. The molecule has 0 spiro atoms. The Morgan fingerprint density at radius 3 is 2.67 bits per heavy atom. The zero-order valence-electron chi connectivity index (χ0n) is 23.6. The van der Waals surface area contributed by atoms with Crippen LogP contribution in [-0.4, -0.2) is 74.3 Å². The number of rotatable bonds is 11. The van der Waals surface area contributed by atoms with Gasteiger partial charge in [-0.05, 0) is 75.1 Å². The van der Waals surface area contributed by atoms with Crippen LogP contribution in [0.5, 0.6) is 11.5 Å². The predicted octanol–water partition coefficient (Wildman–Crippen LogP) is 4.33. The van der Waals surface area contributed by atoms with Crippen LogP contribution in [-0.2, 0) is 9.59 Å². The number of piperidine rings is 1. The smallest absolute Gasteiger partial charge is 0.222 e. The molecule has 0 atom stereocenters. The third-order valence-corrected chi connectivity index (χ3v) is 7.76. The standard InChI is InChI=1S/C30H43N5O4/c1-22-7-8-25(32-21-24-12-17-34(18-13-24)23(2)36)11-14-31-30(22)33-26-9-10-27(38-3)28(20-26)39-19-5-16-35-15-4-6-29(35)37/h9-11,14,20,24,32-33H,4-8,12-13,15-19,21H2,1-3H3/b25-11-,30-22+,31-14-. The van der Waals surface area contributed by atoms with Crippen molar-refractivity contribution in [1.29, 1.82) is 0 Å². The van der Waals surface area contributed by atoms with Crippen molar-refractivity contribution >= 4 is 23.7 Å². The number of ether oxygens (including phenoxy) is 2. The van der Waals surface area contributed by atoms with Crippen LogP contribution in [0, 0.1) is 5.92 Å². The van der Waals surface area contributed by atoms with Gasteiger partial charge in [-0.3, -0.25) is 9.59 Å². The minimum atomic E-state index is 0.178. The van der Waals surface area contributed by atoms with E-state index in [9.17, 15) is 9.59 Å². The van der Waals surface area contributed by atoms with Gasteiger partial charge in [-0.2, -0.15) is 0 Å². The molecule has 39 heavy (non-hydrogen) atoms. The minimum absolute atomic E-state index is 0.178. The maximum Gasteiger partial charge on any atom is 0.222 e. The van der Waals surface area contributed by atoms with Crippen LogP contribution < -0.4 is 20.1 Å². The number of anilines is 1. The summed E-state index contributed by atoms with van der Waals surface area (Å²) < 4.78 is 11.5. The Balaban J connectivity index is 1.28. The summed E-state index contributed by atoms with van der Waals surface area (Å²) in [4.78, 5) is 31.9. The largest absolute Gasteiger partial charge is 0.493 e. The molecule has 2 N–H and O–H groups in total. The van der Waals surface area contributed by atoms with Crippen LogP contribution in [0.2, 0.25) is 0 Å². The first kappa shape index (κ1) is 28.5. The van der Waals surface area contributed by atoms with E-state index in [-0.39, 0.29) is 11.8 Å². The number of carbonyl (C=O) groups excluding carboxylic acids is 2. The number of nitrogens with one attached hydrogen (secondary N) is 2. The molecular formula is C30H43N5O4. The van der Waals surface area contributed by atoms with E-state index in [0.29, 0.717) is 30.4 Å². The van der Waals surface area contributed by atoms with Crippen LogP contribution in [0.4, 0.5) is 5.69 Å². The number of nitrogens with zero attached hydrogens (tertiary/aromatic N) is 3. The summed E-state index contributed by atoms with van der Waals surface area (Å²) >= 11 is 0. The molecule has 212 valence electrons. The second-order valence-electron chi connectivity index (χ2n) is 10.6. The van der Waals surface area contributed by atoms with Gasteiger partial charge in [-0.1, -0.05) is 0 Å². The molecule has 0 aliphatic carbocycles. The van der Waals surface area contributed by atoms with E-state index in [0.717, 1.165) is 82.8 Å². The van der Waals surface area contributed by atoms with Crippen molar-refractivity contribution in [3.63, 3.8) is 0 Å². The van der Waals surface area contributed by atoms with Gasteiger partial charge in [-0.25, -0.2) is 4.99 Å². The summed E-state index contributed by atoms with van der Waals surface area (Å²) in [5.41, 5.74) is 3.26. The molecule has 0 bridgehead atoms. The van der Waals surface area contributed by atoms with Crippen LogP contribution in [0.15, 0.2) is 46.4 Å². The number of likely N-dealkylation sites (tertiary alicyclic amines) is 2. The highest BCUT2D eigenvalue weighted by molar-refractivity contribution is 5.78. The van der Waals surface area contributed by atoms with Crippen molar-refractivity contribution in [2.45, 2.75) is 58.8 Å². The molecule has 1 aromatic rings. The maximum atomic E-state index is 11.8. The van der Waals surface area contributed by atoms with Gasteiger partial charge in [0.05, 0.1) is 13.7 Å². The lowest BCUT2D eigenvalue weighted by atomic mass is 9.96. The van der Waals surface area contributed by atoms with Crippen molar-refractivity contribution in [3.05, 3.63) is 41.4 Å². The number of aliphatic imine (C=N–C) groups is 1. The average molecular weight is 538 g/mol. The summed E-state index contributed by atoms with van der Waals surface area (Å²) in [7, 11) is 1.64. The van der Waals surface area contributed by atoms with Gasteiger partial charge in [-0.15, -0.1) is 0 Å². The van der Waals surface area contributed by atoms with Gasteiger partial charge in [0.2, 0.25) is 11.8 Å². The second kappa shape index (κ2) is 14.1. The Kier molecular flexibility index (Phi) is 10.3. The molecule has 0 aromatic heterocycles. The van der Waals surface area contributed by atoms with Crippen molar-refractivity contribution < 1.29 is 19.1 Å². The Hall–Kier alpha value is -3.49. The molecule has 0 saturated carbocycles. The number of hydrogen-bond acceptors (Lipinski definition) is 7. The zero-order chi connectivity index (χ0) is 27.6. The van der Waals surface area contributed by atoms with E-state index < -0.39 is 0 Å². The summed E-state index contributed by atoms with van der Waals surface area (Å²) in [6, 6.07) is 5.80. The highest BCUT2D eigenvalue weighted by atomic mass is 16.5. The van der Waals surface area contributed by atoms with E-state index in [1.165, 1.54) is 11.3 Å². The molecule has 4 rings (SSSR count). The minimum Gasteiger partial charge on any atom is -0.493 e. The van der Waals surface area contributed by atoms with E-state index in [4.69, 9.17) is 14.5 Å². The molecule has 2 fully saturated rings. The fourth-order valence-electron chi connectivity index (χ4n) is 5.23. The molecule has 3 aliphatic rings. The SMILES string of the molecule is COc1ccc(NC2=C(\C)CC/C(NCC3CCN(C(C)=O)CC3)=C/C=N\2)cc1OCCCN1CCCC1=O. The zero-order valence-corrected chi connectivity index (χ0v) is 23.6. The van der Waals surface area contributed by atoms with Crippen LogP contribution >= 0.6 is 0 Å². The second-order valence-corrected chi connectivity index (χ2v) is 10.6. The van der Waals surface area contributed by atoms with Crippen LogP contribution in [0.25, 0.3) is 0 Å². The van der Waals surface area contributed by atoms with Crippen molar-refractivity contribution in [1.82, 2.24) is 15.1 Å². The quantitative estimate of drug-likeness (QED) is 0.408. The fraction of sp³-hybridized carbons (Fsp3) is 0.567. The normalized spacial score (nSPS) is 22.5. The van der Waals surface area contributed by atoms with Crippen LogP contribution in [0.3, 0.4) is 0 Å². The molecule has 0 radical (unpaired) electrons. The highest BCUT2D eigenvalue weighted by Crippen LogP contribution is 2.32. The van der Waals surface area contributed by atoms with E-state index in [1.54, 1.807) is 14.0 Å². The topological polar surface area (TPSA) is 95.5 Å². The Morgan fingerprint density at radius 2 is 1.95 bits per heavy atom. The molecule has 3 heterocycles. The van der Waals surface area contributed by atoms with E-state index >= 15 is 0 Å². The van der Waals surface area contributed by atoms with Gasteiger partial charge in [0.15, 0.2) is 11.5 Å². The molecule has 9 heteroatoms. The van der Waals surface area contributed by atoms with E-state index in [2.05, 4.69) is 23.6 Å². The van der Waals surface area contributed by atoms with Crippen molar-refractivity contribution in [3.8, 4) is 11.5 Å². The third kappa shape index (κ3) is 8.25. The summed E-state index contributed by atoms with van der Waals surface area (Å²) in [5.74, 6) is 3.19. The van der Waals surface area contributed by atoms with Gasteiger partial charge in [0.1, 0.15) is 5.82 Å². The summed E-state index contributed by atoms with van der Waals surface area (Å²) in [5, 5.41) is 7.08. The average Bonchev–Trinajstić information content (AvgIpc) is 3.35. The third-order valence-electron chi connectivity index (χ3n) is 7.76.